The summed E-state index contributed by atoms with van der Waals surface area (Å²) in [5.41, 5.74) is 1.58. The number of anilines is 1. The zero-order valence-corrected chi connectivity index (χ0v) is 16.3. The fourth-order valence-corrected chi connectivity index (χ4v) is 3.79. The van der Waals surface area contributed by atoms with Gasteiger partial charge in [0.2, 0.25) is 0 Å². The van der Waals surface area contributed by atoms with Crippen molar-refractivity contribution in [2.75, 3.05) is 24.4 Å². The van der Waals surface area contributed by atoms with E-state index in [0.717, 1.165) is 0 Å². The summed E-state index contributed by atoms with van der Waals surface area (Å²) in [4.78, 5) is 28.0. The van der Waals surface area contributed by atoms with Crippen LogP contribution in [0.25, 0.3) is 5.57 Å². The smallest absolute Gasteiger partial charge is 0.272 e. The van der Waals surface area contributed by atoms with Gasteiger partial charge in [0.05, 0.1) is 29.9 Å². The summed E-state index contributed by atoms with van der Waals surface area (Å²) in [6.45, 7) is 4.27. The number of nitrogens with zero attached hydrogens (tertiary/aromatic N) is 1. The third-order valence-electron chi connectivity index (χ3n) is 4.11. The normalized spacial score (nSPS) is 14.1. The lowest BCUT2D eigenvalue weighted by Crippen LogP contribution is -2.31. The van der Waals surface area contributed by atoms with Crippen LogP contribution >= 0.6 is 11.8 Å². The Hall–Kier alpha value is -2.73. The summed E-state index contributed by atoms with van der Waals surface area (Å²) in [5, 5.41) is 0. The minimum absolute atomic E-state index is 0.315. The molecule has 3 rings (SSSR count). The fraction of sp³-hybridized carbons (Fsp3) is 0.238. The van der Waals surface area contributed by atoms with E-state index in [1.165, 1.54) is 16.7 Å². The second kappa shape index (κ2) is 8.31. The lowest BCUT2D eigenvalue weighted by atomic mass is 10.1. The zero-order valence-electron chi connectivity index (χ0n) is 15.5. The highest BCUT2D eigenvalue weighted by Crippen LogP contribution is 2.41. The van der Waals surface area contributed by atoms with Gasteiger partial charge in [-0.15, -0.1) is 11.8 Å². The first kappa shape index (κ1) is 19.0. The van der Waals surface area contributed by atoms with Crippen molar-refractivity contribution >= 4 is 34.8 Å². The van der Waals surface area contributed by atoms with Crippen LogP contribution in [-0.2, 0) is 9.59 Å². The predicted molar refractivity (Wildman–Crippen MR) is 108 cm³/mol. The number of carbonyl (C=O) groups excluding carboxylic acids is 2. The molecule has 0 fully saturated rings. The molecule has 2 aromatic rings. The van der Waals surface area contributed by atoms with Gasteiger partial charge in [-0.2, -0.15) is 0 Å². The van der Waals surface area contributed by atoms with E-state index in [4.69, 9.17) is 9.47 Å². The van der Waals surface area contributed by atoms with E-state index >= 15 is 0 Å². The van der Waals surface area contributed by atoms with Gasteiger partial charge in [-0.1, -0.05) is 31.2 Å². The lowest BCUT2D eigenvalue weighted by Gasteiger charge is -2.18. The molecule has 0 unspecified atom stereocenters. The van der Waals surface area contributed by atoms with Crippen molar-refractivity contribution in [2.24, 2.45) is 0 Å². The molecule has 0 saturated carbocycles. The quantitative estimate of drug-likeness (QED) is 0.673. The number of benzene rings is 2. The van der Waals surface area contributed by atoms with Crippen molar-refractivity contribution in [3.05, 3.63) is 59.0 Å². The minimum Gasteiger partial charge on any atom is -0.497 e. The van der Waals surface area contributed by atoms with Crippen LogP contribution in [0.2, 0.25) is 0 Å². The summed E-state index contributed by atoms with van der Waals surface area (Å²) < 4.78 is 10.8. The summed E-state index contributed by atoms with van der Waals surface area (Å²) in [6, 6.07) is 14.3. The van der Waals surface area contributed by atoms with Gasteiger partial charge in [0.15, 0.2) is 0 Å². The van der Waals surface area contributed by atoms with Gasteiger partial charge in [0.25, 0.3) is 11.8 Å². The second-order valence-electron chi connectivity index (χ2n) is 5.71. The molecule has 0 aliphatic carbocycles. The maximum absolute atomic E-state index is 13.3. The molecule has 0 aromatic heterocycles. The number of carbonyl (C=O) groups is 2. The first-order valence-electron chi connectivity index (χ1n) is 8.74. The van der Waals surface area contributed by atoms with Crippen LogP contribution in [0.4, 0.5) is 5.69 Å². The Morgan fingerprint density at radius 1 is 0.963 bits per heavy atom. The highest BCUT2D eigenvalue weighted by molar-refractivity contribution is 8.04. The molecular formula is C21H21NO4S. The molecular weight excluding hydrogens is 362 g/mol. The molecule has 0 spiro atoms. The molecule has 2 amide bonds. The number of thioether (sulfide) groups is 1. The summed E-state index contributed by atoms with van der Waals surface area (Å²) in [6.07, 6.45) is 0. The number of amides is 2. The number of methoxy groups -OCH3 is 1. The first-order chi connectivity index (χ1) is 13.1. The average Bonchev–Trinajstić information content (AvgIpc) is 2.93. The molecule has 27 heavy (non-hydrogen) atoms. The number of rotatable bonds is 7. The van der Waals surface area contributed by atoms with Gasteiger partial charge in [-0.25, -0.2) is 4.90 Å². The Labute approximate surface area is 163 Å². The zero-order chi connectivity index (χ0) is 19.4. The van der Waals surface area contributed by atoms with Gasteiger partial charge >= 0.3 is 0 Å². The first-order valence-corrected chi connectivity index (χ1v) is 9.73. The van der Waals surface area contributed by atoms with Gasteiger partial charge in [-0.3, -0.25) is 9.59 Å². The van der Waals surface area contributed by atoms with Crippen LogP contribution in [0, 0.1) is 0 Å². The third-order valence-corrected chi connectivity index (χ3v) is 5.07. The van der Waals surface area contributed by atoms with Crippen molar-refractivity contribution < 1.29 is 19.1 Å². The topological polar surface area (TPSA) is 55.8 Å². The Balaban J connectivity index is 2.07. The number of hydrogen-bond donors (Lipinski definition) is 0. The van der Waals surface area contributed by atoms with Crippen LogP contribution in [0.15, 0.2) is 53.4 Å². The van der Waals surface area contributed by atoms with Crippen molar-refractivity contribution in [3.63, 3.8) is 0 Å². The molecule has 1 heterocycles. The van der Waals surface area contributed by atoms with Crippen molar-refractivity contribution in [2.45, 2.75) is 13.8 Å². The van der Waals surface area contributed by atoms with E-state index in [1.54, 1.807) is 49.6 Å². The van der Waals surface area contributed by atoms with Crippen LogP contribution < -0.4 is 14.4 Å². The SMILES string of the molecule is CCOc1ccccc1N1C(=O)C(SCC)=C(c2ccc(OC)cc2)C1=O. The Morgan fingerprint density at radius 2 is 1.67 bits per heavy atom. The highest BCUT2D eigenvalue weighted by Gasteiger charge is 2.41. The Bertz CT molecular complexity index is 889. The van der Waals surface area contributed by atoms with Crippen LogP contribution in [-0.4, -0.2) is 31.3 Å². The lowest BCUT2D eigenvalue weighted by molar-refractivity contribution is -0.119. The monoisotopic (exact) mass is 383 g/mol. The molecule has 5 nitrogen and oxygen atoms in total. The standard InChI is InChI=1S/C21H21NO4S/c1-4-26-17-9-7-6-8-16(17)22-20(23)18(19(21(22)24)27-5-2)14-10-12-15(25-3)13-11-14/h6-13H,4-5H2,1-3H3. The predicted octanol–water partition coefficient (Wildman–Crippen LogP) is 4.13. The van der Waals surface area contributed by atoms with E-state index in [0.29, 0.717) is 45.6 Å². The summed E-state index contributed by atoms with van der Waals surface area (Å²) >= 11 is 1.38. The number of hydrogen-bond acceptors (Lipinski definition) is 5. The number of imide groups is 1. The van der Waals surface area contributed by atoms with Crippen LogP contribution in [0.1, 0.15) is 19.4 Å². The molecule has 6 heteroatoms. The summed E-state index contributed by atoms with van der Waals surface area (Å²) in [5.74, 6) is 1.24. The largest absolute Gasteiger partial charge is 0.497 e. The van der Waals surface area contributed by atoms with Crippen LogP contribution in [0.3, 0.4) is 0 Å². The van der Waals surface area contributed by atoms with Crippen molar-refractivity contribution in [1.29, 1.82) is 0 Å². The van der Waals surface area contributed by atoms with Crippen LogP contribution in [0.5, 0.6) is 11.5 Å². The summed E-state index contributed by atoms with van der Waals surface area (Å²) in [7, 11) is 1.59. The average molecular weight is 383 g/mol. The van der Waals surface area contributed by atoms with Gasteiger partial charge in [-0.05, 0) is 42.5 Å². The fourth-order valence-electron chi connectivity index (χ4n) is 2.94. The van der Waals surface area contributed by atoms with E-state index in [-0.39, 0.29) is 11.8 Å². The van der Waals surface area contributed by atoms with E-state index in [1.807, 2.05) is 19.9 Å². The second-order valence-corrected chi connectivity index (χ2v) is 6.99. The highest BCUT2D eigenvalue weighted by atomic mass is 32.2. The minimum atomic E-state index is -0.340. The molecule has 0 saturated heterocycles. The van der Waals surface area contributed by atoms with Crippen molar-refractivity contribution in [3.8, 4) is 11.5 Å². The molecule has 2 aromatic carbocycles. The maximum atomic E-state index is 13.3. The van der Waals surface area contributed by atoms with Crippen molar-refractivity contribution in [1.82, 2.24) is 0 Å². The molecule has 0 atom stereocenters. The maximum Gasteiger partial charge on any atom is 0.272 e. The van der Waals surface area contributed by atoms with Gasteiger partial charge in [0.1, 0.15) is 11.5 Å². The number of ether oxygens (including phenoxy) is 2. The van der Waals surface area contributed by atoms with Gasteiger partial charge < -0.3 is 9.47 Å². The molecule has 0 radical (unpaired) electrons. The molecule has 0 bridgehead atoms. The molecule has 0 N–H and O–H groups in total. The Kier molecular flexibility index (Phi) is 5.86. The van der Waals surface area contributed by atoms with E-state index < -0.39 is 0 Å². The molecule has 1 aliphatic heterocycles. The Morgan fingerprint density at radius 3 is 2.30 bits per heavy atom. The van der Waals surface area contributed by atoms with Gasteiger partial charge in [0, 0.05) is 0 Å². The van der Waals surface area contributed by atoms with E-state index in [2.05, 4.69) is 0 Å². The molecule has 1 aliphatic rings. The van der Waals surface area contributed by atoms with E-state index in [9.17, 15) is 9.59 Å². The number of para-hydroxylation sites is 2. The molecule has 140 valence electrons. The third kappa shape index (κ3) is 3.57.